The molecule has 6 heteroatoms. The standard InChI is InChI=1S/C21H19ClN4O/c22-18-16(12-25-19-17(18)21(13-26-19)8-1-2-9-21)14-4-6-15(7-5-14)27-20-23-10-3-11-24-20/h3-7,10-12H,1-2,8-9,13H2,(H,25,26). The summed E-state index contributed by atoms with van der Waals surface area (Å²) in [6, 6.07) is 9.88. The Balaban J connectivity index is 1.47. The molecule has 5 nitrogen and oxygen atoms in total. The average Bonchev–Trinajstić information content (AvgIpc) is 3.32. The first-order valence-electron chi connectivity index (χ1n) is 9.23. The van der Waals surface area contributed by atoms with E-state index in [-0.39, 0.29) is 5.41 Å². The van der Waals surface area contributed by atoms with Crippen molar-refractivity contribution in [1.29, 1.82) is 0 Å². The van der Waals surface area contributed by atoms with E-state index in [1.165, 1.54) is 31.2 Å². The number of nitrogens with one attached hydrogen (secondary N) is 1. The van der Waals surface area contributed by atoms with Crippen molar-refractivity contribution in [3.05, 3.63) is 59.5 Å². The van der Waals surface area contributed by atoms with Gasteiger partial charge in [-0.15, -0.1) is 0 Å². The van der Waals surface area contributed by atoms with Crippen LogP contribution in [0.2, 0.25) is 5.02 Å². The Labute approximate surface area is 162 Å². The molecule has 3 heterocycles. The van der Waals surface area contributed by atoms with Crippen molar-refractivity contribution in [2.45, 2.75) is 31.1 Å². The van der Waals surface area contributed by atoms with Crippen LogP contribution in [-0.2, 0) is 5.41 Å². The average molecular weight is 379 g/mol. The number of rotatable bonds is 3. The van der Waals surface area contributed by atoms with Crippen LogP contribution in [0, 0.1) is 0 Å². The van der Waals surface area contributed by atoms with Crippen LogP contribution in [0.4, 0.5) is 5.82 Å². The second-order valence-corrected chi connectivity index (χ2v) is 7.59. The lowest BCUT2D eigenvalue weighted by Gasteiger charge is -2.24. The highest BCUT2D eigenvalue weighted by atomic mass is 35.5. The summed E-state index contributed by atoms with van der Waals surface area (Å²) in [7, 11) is 0. The van der Waals surface area contributed by atoms with Crippen molar-refractivity contribution in [2.24, 2.45) is 0 Å². The van der Waals surface area contributed by atoms with E-state index in [4.69, 9.17) is 16.3 Å². The van der Waals surface area contributed by atoms with Crippen LogP contribution >= 0.6 is 11.6 Å². The fourth-order valence-corrected chi connectivity index (χ4v) is 4.72. The normalized spacial score (nSPS) is 16.9. The van der Waals surface area contributed by atoms with Gasteiger partial charge in [0.05, 0.1) is 5.02 Å². The third kappa shape index (κ3) is 2.82. The van der Waals surface area contributed by atoms with Crippen LogP contribution in [0.1, 0.15) is 31.2 Å². The molecule has 1 saturated carbocycles. The number of pyridine rings is 1. The maximum Gasteiger partial charge on any atom is 0.321 e. The minimum Gasteiger partial charge on any atom is -0.424 e. The zero-order valence-electron chi connectivity index (χ0n) is 14.8. The van der Waals surface area contributed by atoms with Gasteiger partial charge in [0.1, 0.15) is 11.6 Å². The van der Waals surface area contributed by atoms with Gasteiger partial charge in [0.15, 0.2) is 0 Å². The third-order valence-electron chi connectivity index (χ3n) is 5.62. The van der Waals surface area contributed by atoms with Crippen LogP contribution in [-0.4, -0.2) is 21.5 Å². The number of ether oxygens (including phenoxy) is 1. The Bertz CT molecular complexity index is 969. The lowest BCUT2D eigenvalue weighted by molar-refractivity contribution is 0.442. The molecule has 1 fully saturated rings. The smallest absolute Gasteiger partial charge is 0.321 e. The Morgan fingerprint density at radius 1 is 1.00 bits per heavy atom. The highest BCUT2D eigenvalue weighted by molar-refractivity contribution is 6.34. The van der Waals surface area contributed by atoms with Crippen molar-refractivity contribution >= 4 is 17.4 Å². The van der Waals surface area contributed by atoms with Crippen molar-refractivity contribution in [2.75, 3.05) is 11.9 Å². The number of nitrogens with zero attached hydrogens (tertiary/aromatic N) is 3. The van der Waals surface area contributed by atoms with E-state index in [0.29, 0.717) is 11.8 Å². The molecular formula is C21H19ClN4O. The second kappa shape index (κ2) is 6.50. The molecule has 3 aromatic rings. The molecule has 0 atom stereocenters. The number of hydrogen-bond acceptors (Lipinski definition) is 5. The van der Waals surface area contributed by atoms with Crippen molar-refractivity contribution < 1.29 is 4.74 Å². The SMILES string of the molecule is Clc1c(-c2ccc(Oc3ncccn3)cc2)cnc2c1C1(CCCC1)CN2. The van der Waals surface area contributed by atoms with Crippen LogP contribution in [0.5, 0.6) is 11.8 Å². The third-order valence-corrected chi connectivity index (χ3v) is 6.01. The number of hydrogen-bond donors (Lipinski definition) is 1. The molecule has 5 rings (SSSR count). The van der Waals surface area contributed by atoms with Gasteiger partial charge in [-0.1, -0.05) is 36.6 Å². The summed E-state index contributed by atoms with van der Waals surface area (Å²) in [5.74, 6) is 1.64. The topological polar surface area (TPSA) is 59.9 Å². The number of anilines is 1. The van der Waals surface area contributed by atoms with E-state index >= 15 is 0 Å². The maximum absolute atomic E-state index is 6.90. The summed E-state index contributed by atoms with van der Waals surface area (Å²) in [6.07, 6.45) is 10.0. The predicted molar refractivity (Wildman–Crippen MR) is 105 cm³/mol. The van der Waals surface area contributed by atoms with Crippen molar-refractivity contribution in [3.63, 3.8) is 0 Å². The van der Waals surface area contributed by atoms with Crippen LogP contribution < -0.4 is 10.1 Å². The summed E-state index contributed by atoms with van der Waals surface area (Å²) < 4.78 is 5.67. The van der Waals surface area contributed by atoms with Crippen LogP contribution in [0.25, 0.3) is 11.1 Å². The molecule has 1 N–H and O–H groups in total. The fraction of sp³-hybridized carbons (Fsp3) is 0.286. The van der Waals surface area contributed by atoms with Gasteiger partial charge in [0.2, 0.25) is 0 Å². The molecule has 1 aliphatic carbocycles. The van der Waals surface area contributed by atoms with E-state index in [1.54, 1.807) is 18.5 Å². The zero-order chi connectivity index (χ0) is 18.3. The molecule has 136 valence electrons. The highest BCUT2D eigenvalue weighted by Gasteiger charge is 2.44. The Morgan fingerprint density at radius 2 is 1.74 bits per heavy atom. The molecular weight excluding hydrogens is 360 g/mol. The first kappa shape index (κ1) is 16.5. The monoisotopic (exact) mass is 378 g/mol. The summed E-state index contributed by atoms with van der Waals surface area (Å²) in [4.78, 5) is 12.8. The van der Waals surface area contributed by atoms with Gasteiger partial charge in [0.25, 0.3) is 0 Å². The molecule has 1 aromatic carbocycles. The molecule has 0 amide bonds. The molecule has 0 saturated heterocycles. The molecule has 2 aromatic heterocycles. The maximum atomic E-state index is 6.90. The van der Waals surface area contributed by atoms with Gasteiger partial charge >= 0.3 is 6.01 Å². The molecule has 0 bridgehead atoms. The largest absolute Gasteiger partial charge is 0.424 e. The lowest BCUT2D eigenvalue weighted by Crippen LogP contribution is -2.24. The zero-order valence-corrected chi connectivity index (χ0v) is 15.5. The number of halogens is 1. The van der Waals surface area contributed by atoms with E-state index in [1.807, 2.05) is 30.5 Å². The first-order valence-corrected chi connectivity index (χ1v) is 9.61. The summed E-state index contributed by atoms with van der Waals surface area (Å²) in [5.41, 5.74) is 3.35. The minimum atomic E-state index is 0.156. The van der Waals surface area contributed by atoms with Gasteiger partial charge in [-0.05, 0) is 36.6 Å². The van der Waals surface area contributed by atoms with E-state index in [9.17, 15) is 0 Å². The number of benzene rings is 1. The Morgan fingerprint density at radius 3 is 2.48 bits per heavy atom. The summed E-state index contributed by atoms with van der Waals surface area (Å²) >= 11 is 6.90. The lowest BCUT2D eigenvalue weighted by atomic mass is 9.80. The van der Waals surface area contributed by atoms with E-state index < -0.39 is 0 Å². The molecule has 2 aliphatic rings. The quantitative estimate of drug-likeness (QED) is 0.676. The van der Waals surface area contributed by atoms with Crippen molar-refractivity contribution in [1.82, 2.24) is 15.0 Å². The van der Waals surface area contributed by atoms with Crippen LogP contribution in [0.15, 0.2) is 48.9 Å². The minimum absolute atomic E-state index is 0.156. The molecule has 0 radical (unpaired) electrons. The number of fused-ring (bicyclic) bond motifs is 2. The first-order chi connectivity index (χ1) is 13.3. The van der Waals surface area contributed by atoms with Gasteiger partial charge in [-0.2, -0.15) is 0 Å². The fourth-order valence-electron chi connectivity index (χ4n) is 4.27. The van der Waals surface area contributed by atoms with Gasteiger partial charge in [-0.25, -0.2) is 15.0 Å². The van der Waals surface area contributed by atoms with Gasteiger partial charge in [0, 0.05) is 41.7 Å². The summed E-state index contributed by atoms with van der Waals surface area (Å²) in [6.45, 7) is 0.947. The Hall–Kier alpha value is -2.66. The molecule has 1 aliphatic heterocycles. The van der Waals surface area contributed by atoms with Crippen molar-refractivity contribution in [3.8, 4) is 22.9 Å². The highest BCUT2D eigenvalue weighted by Crippen LogP contribution is 2.51. The molecule has 27 heavy (non-hydrogen) atoms. The van der Waals surface area contributed by atoms with E-state index in [2.05, 4.69) is 20.3 Å². The van der Waals surface area contributed by atoms with Crippen LogP contribution in [0.3, 0.4) is 0 Å². The molecule has 0 unspecified atom stereocenters. The van der Waals surface area contributed by atoms with Gasteiger partial charge in [-0.3, -0.25) is 0 Å². The Kier molecular flexibility index (Phi) is 3.97. The predicted octanol–water partition coefficient (Wildman–Crippen LogP) is 5.22. The summed E-state index contributed by atoms with van der Waals surface area (Å²) in [5, 5.41) is 4.29. The second-order valence-electron chi connectivity index (χ2n) is 7.21. The molecule has 1 spiro atoms. The van der Waals surface area contributed by atoms with E-state index in [0.717, 1.165) is 28.5 Å². The van der Waals surface area contributed by atoms with Gasteiger partial charge < -0.3 is 10.1 Å². The number of aromatic nitrogens is 3.